The van der Waals surface area contributed by atoms with Crippen LogP contribution in [0.15, 0.2) is 58.5 Å². The molecule has 0 spiro atoms. The van der Waals surface area contributed by atoms with Crippen LogP contribution >= 0.6 is 0 Å². The number of amides is 2. The van der Waals surface area contributed by atoms with E-state index in [1.54, 1.807) is 54.0 Å². The van der Waals surface area contributed by atoms with Gasteiger partial charge < -0.3 is 14.6 Å². The fourth-order valence-electron chi connectivity index (χ4n) is 4.19. The van der Waals surface area contributed by atoms with E-state index in [-0.39, 0.29) is 28.8 Å². The van der Waals surface area contributed by atoms with Crippen LogP contribution in [0.2, 0.25) is 0 Å². The van der Waals surface area contributed by atoms with Crippen LogP contribution in [-0.4, -0.2) is 57.8 Å². The Morgan fingerprint density at radius 2 is 1.63 bits per heavy atom. The van der Waals surface area contributed by atoms with Gasteiger partial charge in [0.1, 0.15) is 5.82 Å². The summed E-state index contributed by atoms with van der Waals surface area (Å²) in [6.07, 6.45) is 3.74. The summed E-state index contributed by atoms with van der Waals surface area (Å²) in [4.78, 5) is 29.2. The summed E-state index contributed by atoms with van der Waals surface area (Å²) in [6.45, 7) is 6.06. The minimum absolute atomic E-state index is 0.0572. The van der Waals surface area contributed by atoms with Gasteiger partial charge in [-0.2, -0.15) is 0 Å². The van der Waals surface area contributed by atoms with Crippen molar-refractivity contribution < 1.29 is 31.2 Å². The second-order valence-electron chi connectivity index (χ2n) is 9.42. The fraction of sp³-hybridized carbons (Fsp3) is 0.393. The lowest BCUT2D eigenvalue weighted by molar-refractivity contribution is 0.0508. The summed E-state index contributed by atoms with van der Waals surface area (Å²) in [5.74, 6) is -0.308. The number of benzene rings is 2. The van der Waals surface area contributed by atoms with Crippen molar-refractivity contribution in [1.82, 2.24) is 19.6 Å². The number of aryl methyl sites for hydroxylation is 1. The lowest BCUT2D eigenvalue weighted by atomic mass is 10.0. The first-order valence-corrected chi connectivity index (χ1v) is 16.8. The minimum Gasteiger partial charge on any atom is -0.461 e. The SMILES string of the molecule is CCCCc1nc(S(C)(=O)=O)c(C(=O)OCC)n1Cc1ccc(-c2ccccc2S(=O)(=O)NC(=O)NCCC)cc1. The van der Waals surface area contributed by atoms with Crippen LogP contribution in [-0.2, 0) is 37.6 Å². The molecular weight excluding hydrogens is 568 g/mol. The molecule has 0 bridgehead atoms. The molecule has 0 saturated heterocycles. The van der Waals surface area contributed by atoms with Crippen LogP contribution in [0.1, 0.15) is 61.9 Å². The van der Waals surface area contributed by atoms with Gasteiger partial charge in [-0.1, -0.05) is 62.7 Å². The van der Waals surface area contributed by atoms with Gasteiger partial charge in [0, 0.05) is 31.3 Å². The minimum atomic E-state index is -4.16. The van der Waals surface area contributed by atoms with Crippen molar-refractivity contribution >= 4 is 31.9 Å². The lowest BCUT2D eigenvalue weighted by Gasteiger charge is -2.14. The maximum atomic E-state index is 13.0. The Morgan fingerprint density at radius 3 is 2.24 bits per heavy atom. The predicted octanol–water partition coefficient (Wildman–Crippen LogP) is 3.92. The van der Waals surface area contributed by atoms with Gasteiger partial charge >= 0.3 is 12.0 Å². The highest BCUT2D eigenvalue weighted by atomic mass is 32.2. The molecule has 1 aromatic heterocycles. The van der Waals surface area contributed by atoms with Crippen molar-refractivity contribution in [3.63, 3.8) is 0 Å². The number of urea groups is 1. The number of carbonyl (C=O) groups is 2. The molecule has 0 radical (unpaired) electrons. The van der Waals surface area contributed by atoms with E-state index in [1.807, 2.05) is 18.6 Å². The number of aromatic nitrogens is 2. The Bertz CT molecular complexity index is 1600. The normalized spacial score (nSPS) is 11.7. The molecule has 2 aromatic carbocycles. The molecule has 222 valence electrons. The second kappa shape index (κ2) is 13.8. The molecule has 0 unspecified atom stereocenters. The zero-order valence-electron chi connectivity index (χ0n) is 23.6. The summed E-state index contributed by atoms with van der Waals surface area (Å²) in [7, 11) is -7.97. The molecule has 2 N–H and O–H groups in total. The number of rotatable bonds is 13. The Kier molecular flexibility index (Phi) is 10.7. The molecular formula is C28H36N4O7S2. The standard InChI is InChI=1S/C28H36N4O7S2/c1-5-8-13-24-30-26(40(4,35)36)25(27(33)39-7-3)32(24)19-20-14-16-21(17-15-20)22-11-9-10-12-23(22)41(37,38)31-28(34)29-18-6-2/h9-12,14-17H,5-8,13,18-19H2,1-4H3,(H2,29,31,34). The Balaban J connectivity index is 2.00. The monoisotopic (exact) mass is 604 g/mol. The Hall–Kier alpha value is -3.71. The number of esters is 1. The van der Waals surface area contributed by atoms with Crippen LogP contribution in [0.5, 0.6) is 0 Å². The number of unbranched alkanes of at least 4 members (excludes halogenated alkanes) is 1. The van der Waals surface area contributed by atoms with Crippen LogP contribution in [0.25, 0.3) is 11.1 Å². The first kappa shape index (κ1) is 31.8. The van der Waals surface area contributed by atoms with E-state index in [0.29, 0.717) is 36.3 Å². The number of imidazole rings is 1. The Morgan fingerprint density at radius 1 is 0.951 bits per heavy atom. The summed E-state index contributed by atoms with van der Waals surface area (Å²) < 4.78 is 59.8. The number of nitrogens with one attached hydrogen (secondary N) is 2. The third kappa shape index (κ3) is 7.94. The third-order valence-corrected chi connectivity index (χ3v) is 8.51. The number of ether oxygens (including phenoxy) is 1. The van der Waals surface area contributed by atoms with E-state index in [1.165, 1.54) is 6.07 Å². The largest absolute Gasteiger partial charge is 0.461 e. The van der Waals surface area contributed by atoms with Crippen molar-refractivity contribution in [2.24, 2.45) is 0 Å². The second-order valence-corrected chi connectivity index (χ2v) is 13.0. The molecule has 0 atom stereocenters. The van der Waals surface area contributed by atoms with Gasteiger partial charge in [-0.15, -0.1) is 0 Å². The zero-order chi connectivity index (χ0) is 30.2. The predicted molar refractivity (Wildman–Crippen MR) is 155 cm³/mol. The number of hydrogen-bond donors (Lipinski definition) is 2. The molecule has 3 aromatic rings. The van der Waals surface area contributed by atoms with Gasteiger partial charge in [-0.05, 0) is 37.0 Å². The number of sulfone groups is 1. The van der Waals surface area contributed by atoms with Gasteiger partial charge in [0.2, 0.25) is 0 Å². The van der Waals surface area contributed by atoms with Gasteiger partial charge in [-0.25, -0.2) is 36.1 Å². The van der Waals surface area contributed by atoms with Crippen molar-refractivity contribution in [2.45, 2.75) is 62.9 Å². The van der Waals surface area contributed by atoms with Crippen LogP contribution in [0, 0.1) is 0 Å². The number of hydrogen-bond acceptors (Lipinski definition) is 8. The third-order valence-electron chi connectivity index (χ3n) is 6.13. The molecule has 13 heteroatoms. The van der Waals surface area contributed by atoms with E-state index in [9.17, 15) is 26.4 Å². The van der Waals surface area contributed by atoms with Crippen molar-refractivity contribution in [3.05, 3.63) is 65.6 Å². The fourth-order valence-corrected chi connectivity index (χ4v) is 6.17. The molecule has 11 nitrogen and oxygen atoms in total. The highest BCUT2D eigenvalue weighted by molar-refractivity contribution is 7.90. The first-order chi connectivity index (χ1) is 19.4. The smallest absolute Gasteiger partial charge is 0.358 e. The Labute approximate surface area is 241 Å². The van der Waals surface area contributed by atoms with Crippen LogP contribution in [0.3, 0.4) is 0 Å². The number of nitrogens with zero attached hydrogens (tertiary/aromatic N) is 2. The van der Waals surface area contributed by atoms with E-state index in [0.717, 1.165) is 24.7 Å². The summed E-state index contributed by atoms with van der Waals surface area (Å²) in [5, 5.41) is 2.18. The van der Waals surface area contributed by atoms with Gasteiger partial charge in [-0.3, -0.25) is 0 Å². The summed E-state index contributed by atoms with van der Waals surface area (Å²) in [5.41, 5.74) is 1.59. The number of sulfonamides is 1. The molecule has 0 aliphatic heterocycles. The molecule has 2 amide bonds. The highest BCUT2D eigenvalue weighted by Gasteiger charge is 2.30. The molecule has 0 saturated carbocycles. The topological polar surface area (TPSA) is 154 Å². The number of carbonyl (C=O) groups excluding carboxylic acids is 2. The molecule has 1 heterocycles. The van der Waals surface area contributed by atoms with Crippen molar-refractivity contribution in [3.8, 4) is 11.1 Å². The highest BCUT2D eigenvalue weighted by Crippen LogP contribution is 2.28. The maximum Gasteiger partial charge on any atom is 0.358 e. The average Bonchev–Trinajstić information content (AvgIpc) is 3.29. The lowest BCUT2D eigenvalue weighted by Crippen LogP contribution is -2.39. The molecule has 0 aliphatic rings. The molecule has 0 fully saturated rings. The van der Waals surface area contributed by atoms with Crippen molar-refractivity contribution in [2.75, 3.05) is 19.4 Å². The van der Waals surface area contributed by atoms with Crippen LogP contribution < -0.4 is 10.0 Å². The molecule has 0 aliphatic carbocycles. The van der Waals surface area contributed by atoms with E-state index < -0.39 is 31.9 Å². The van der Waals surface area contributed by atoms with Crippen molar-refractivity contribution in [1.29, 1.82) is 0 Å². The quantitative estimate of drug-likeness (QED) is 0.278. The van der Waals surface area contributed by atoms with Gasteiger partial charge in [0.05, 0.1) is 11.5 Å². The van der Waals surface area contributed by atoms with Gasteiger partial charge in [0.15, 0.2) is 20.6 Å². The zero-order valence-corrected chi connectivity index (χ0v) is 25.3. The maximum absolute atomic E-state index is 13.0. The first-order valence-electron chi connectivity index (χ1n) is 13.4. The average molecular weight is 605 g/mol. The summed E-state index contributed by atoms with van der Waals surface area (Å²) in [6, 6.07) is 12.5. The van der Waals surface area contributed by atoms with E-state index in [4.69, 9.17) is 4.74 Å². The van der Waals surface area contributed by atoms with Gasteiger partial charge in [0.25, 0.3) is 10.0 Å². The summed E-state index contributed by atoms with van der Waals surface area (Å²) >= 11 is 0. The van der Waals surface area contributed by atoms with Crippen LogP contribution in [0.4, 0.5) is 4.79 Å². The molecule has 41 heavy (non-hydrogen) atoms. The molecule has 3 rings (SSSR count). The van der Waals surface area contributed by atoms with E-state index in [2.05, 4.69) is 10.3 Å². The van der Waals surface area contributed by atoms with E-state index >= 15 is 0 Å².